The van der Waals surface area contributed by atoms with E-state index in [0.29, 0.717) is 23.2 Å². The fourth-order valence-corrected chi connectivity index (χ4v) is 4.22. The predicted molar refractivity (Wildman–Crippen MR) is 106 cm³/mol. The van der Waals surface area contributed by atoms with Gasteiger partial charge in [-0.05, 0) is 25.6 Å². The minimum Gasteiger partial charge on any atom is -0.496 e. The molecule has 0 aliphatic heterocycles. The summed E-state index contributed by atoms with van der Waals surface area (Å²) in [7, 11) is 2.54. The molecule has 0 fully saturated rings. The van der Waals surface area contributed by atoms with Gasteiger partial charge in [0.2, 0.25) is 0 Å². The first kappa shape index (κ1) is 26.7. The van der Waals surface area contributed by atoms with Gasteiger partial charge in [-0.25, -0.2) is 0 Å². The minimum atomic E-state index is -1.11. The summed E-state index contributed by atoms with van der Waals surface area (Å²) in [5.41, 5.74) is 0.457. The van der Waals surface area contributed by atoms with Crippen molar-refractivity contribution in [2.75, 3.05) is 33.7 Å². The van der Waals surface area contributed by atoms with E-state index in [1.165, 1.54) is 0 Å². The van der Waals surface area contributed by atoms with Crippen molar-refractivity contribution in [1.29, 1.82) is 0 Å². The van der Waals surface area contributed by atoms with Crippen molar-refractivity contribution in [3.63, 3.8) is 0 Å². The molecule has 1 atom stereocenters. The van der Waals surface area contributed by atoms with E-state index in [2.05, 4.69) is 13.3 Å². The van der Waals surface area contributed by atoms with Crippen molar-refractivity contribution >= 4 is 26.8 Å². The van der Waals surface area contributed by atoms with Crippen LogP contribution in [0.1, 0.15) is 11.1 Å². The topological polar surface area (TPSA) is 38.7 Å². The number of aliphatic hydroxyl groups is 1. The van der Waals surface area contributed by atoms with Crippen molar-refractivity contribution in [2.45, 2.75) is 5.60 Å². The number of ether oxygens (including phenoxy) is 2. The van der Waals surface area contributed by atoms with Gasteiger partial charge in [-0.2, -0.15) is 0 Å². The number of hydrogen-bond donors (Lipinski definition) is 1. The summed E-state index contributed by atoms with van der Waals surface area (Å²) in [5, 5.41) is 11.6. The Morgan fingerprint density at radius 3 is 1.80 bits per heavy atom. The van der Waals surface area contributed by atoms with Gasteiger partial charge in [-0.3, -0.25) is 0 Å². The fraction of sp³-hybridized carbons (Fsp3) is 0.316. The molecule has 0 heterocycles. The van der Waals surface area contributed by atoms with Crippen LogP contribution >= 0.6 is 7.92 Å². The Kier molecular flexibility index (Phi) is 12.8. The number of benzene rings is 2. The Hall–Kier alpha value is -0.479. The zero-order valence-corrected chi connectivity index (χ0v) is 17.9. The van der Waals surface area contributed by atoms with Crippen LogP contribution in [0.25, 0.3) is 0 Å². The summed E-state index contributed by atoms with van der Waals surface area (Å²) >= 11 is 0. The van der Waals surface area contributed by atoms with Crippen LogP contribution in [0.3, 0.4) is 0 Å². The van der Waals surface area contributed by atoms with Gasteiger partial charge in [-0.15, -0.1) is 0 Å². The molecule has 0 aromatic heterocycles. The van der Waals surface area contributed by atoms with Gasteiger partial charge in [0.25, 0.3) is 0 Å². The largest absolute Gasteiger partial charge is 0.496 e. The molecule has 2 rings (SSSR count). The molecular formula is C19H27LiNiO3P. The summed E-state index contributed by atoms with van der Waals surface area (Å²) in [6.07, 6.45) is 0.679. The van der Waals surface area contributed by atoms with Crippen molar-refractivity contribution in [3.05, 3.63) is 67.1 Å². The van der Waals surface area contributed by atoms with Crippen molar-refractivity contribution in [2.24, 2.45) is 0 Å². The first-order valence-corrected chi connectivity index (χ1v) is 10.0. The molecule has 1 radical (unpaired) electrons. The van der Waals surface area contributed by atoms with E-state index in [1.807, 2.05) is 48.5 Å². The van der Waals surface area contributed by atoms with E-state index in [9.17, 15) is 5.11 Å². The first-order valence-electron chi connectivity index (χ1n) is 7.31. The number of methoxy groups -OCH3 is 2. The second-order valence-corrected chi connectivity index (χ2v) is 8.42. The average molecular weight is 400 g/mol. The third-order valence-electron chi connectivity index (χ3n) is 3.70. The zero-order chi connectivity index (χ0) is 16.2. The van der Waals surface area contributed by atoms with Crippen LogP contribution in [0.4, 0.5) is 0 Å². The van der Waals surface area contributed by atoms with Crippen LogP contribution in [0.5, 0.6) is 11.5 Å². The van der Waals surface area contributed by atoms with Gasteiger partial charge in [0.05, 0.1) is 25.9 Å². The third kappa shape index (κ3) is 6.03. The van der Waals surface area contributed by atoms with Crippen LogP contribution in [-0.2, 0) is 22.1 Å². The molecule has 1 unspecified atom stereocenters. The third-order valence-corrected chi connectivity index (χ3v) is 4.92. The minimum absolute atomic E-state index is 0. The summed E-state index contributed by atoms with van der Waals surface area (Å²) in [5.74, 6) is 1.29. The van der Waals surface area contributed by atoms with Crippen LogP contribution in [-0.4, -0.2) is 57.7 Å². The molecule has 2 aromatic rings. The van der Waals surface area contributed by atoms with E-state index >= 15 is 0 Å². The van der Waals surface area contributed by atoms with Gasteiger partial charge in [0.1, 0.15) is 11.5 Å². The molecule has 0 saturated heterocycles. The maximum Gasteiger partial charge on any atom is 0.155 e. The summed E-state index contributed by atoms with van der Waals surface area (Å²) in [6.45, 7) is 4.39. The summed E-state index contributed by atoms with van der Waals surface area (Å²) in [4.78, 5) is 0. The molecule has 6 heteroatoms. The maximum atomic E-state index is 11.6. The Morgan fingerprint density at radius 1 is 0.920 bits per heavy atom. The Balaban J connectivity index is 0. The molecule has 0 saturated carbocycles. The van der Waals surface area contributed by atoms with Crippen LogP contribution in [0.2, 0.25) is 0 Å². The molecule has 2 aromatic carbocycles. The summed E-state index contributed by atoms with van der Waals surface area (Å²) in [6, 6.07) is 15.4. The molecule has 0 spiro atoms. The molecule has 25 heavy (non-hydrogen) atoms. The maximum absolute atomic E-state index is 11.6. The average Bonchev–Trinajstić information content (AvgIpc) is 2.54. The van der Waals surface area contributed by atoms with Crippen LogP contribution in [0, 0.1) is 7.43 Å². The Bertz CT molecular complexity index is 603. The van der Waals surface area contributed by atoms with E-state index < -0.39 is 13.5 Å². The monoisotopic (exact) mass is 399 g/mol. The van der Waals surface area contributed by atoms with E-state index in [4.69, 9.17) is 9.47 Å². The number of rotatable bonds is 6. The zero-order valence-electron chi connectivity index (χ0n) is 15.9. The van der Waals surface area contributed by atoms with Crippen molar-refractivity contribution in [3.8, 4) is 11.5 Å². The molecule has 0 bridgehead atoms. The van der Waals surface area contributed by atoms with Gasteiger partial charge >= 0.3 is 0 Å². The van der Waals surface area contributed by atoms with Gasteiger partial charge in [0.15, 0.2) is 5.60 Å². The quantitative estimate of drug-likeness (QED) is 0.459. The standard InChI is InChI=1S/C18H23O3P.CH3.Li.Ni/c1-20-15-11-8-12-16(21-2)17(15)18(19,13-22(3)4)14-9-6-5-7-10-14;;;/h5-12,19H,13H2,1-4H3;1H3;;/q;-1;;/p+1. The van der Waals surface area contributed by atoms with Crippen molar-refractivity contribution in [1.82, 2.24) is 0 Å². The van der Waals surface area contributed by atoms with E-state index in [-0.39, 0.29) is 42.8 Å². The van der Waals surface area contributed by atoms with E-state index in [0.717, 1.165) is 5.56 Å². The van der Waals surface area contributed by atoms with Crippen LogP contribution < -0.4 is 9.47 Å². The van der Waals surface area contributed by atoms with Gasteiger partial charge in [0, 0.05) is 48.7 Å². The predicted octanol–water partition coefficient (Wildman–Crippen LogP) is 3.48. The normalized spacial score (nSPS) is 12.1. The van der Waals surface area contributed by atoms with Crippen LogP contribution in [0.15, 0.2) is 48.5 Å². The molecule has 0 aliphatic rings. The van der Waals surface area contributed by atoms with Gasteiger partial charge < -0.3 is 22.0 Å². The molecule has 0 aliphatic carbocycles. The fourth-order valence-electron chi connectivity index (χ4n) is 2.82. The SMILES string of the molecule is COc1cccc(OC)c1C(O)(C[PH+](C)C)c1ccccc1.[CH3-].[Li].[Ni]. The smallest absolute Gasteiger partial charge is 0.155 e. The van der Waals surface area contributed by atoms with Crippen molar-refractivity contribution < 1.29 is 31.1 Å². The van der Waals surface area contributed by atoms with E-state index in [1.54, 1.807) is 14.2 Å². The second-order valence-electron chi connectivity index (χ2n) is 5.65. The first-order chi connectivity index (χ1) is 10.5. The number of hydrogen-bond acceptors (Lipinski definition) is 3. The second kappa shape index (κ2) is 12.0. The molecule has 3 nitrogen and oxygen atoms in total. The molecule has 0 amide bonds. The Labute approximate surface area is 175 Å². The Morgan fingerprint density at radius 2 is 1.40 bits per heavy atom. The molecule has 1 N–H and O–H groups in total. The summed E-state index contributed by atoms with van der Waals surface area (Å²) < 4.78 is 11.0. The molecule has 137 valence electrons. The van der Waals surface area contributed by atoms with Gasteiger partial charge in [-0.1, -0.05) is 36.4 Å². The molecular weight excluding hydrogens is 373 g/mol.